The lowest BCUT2D eigenvalue weighted by Crippen LogP contribution is -1.97. The summed E-state index contributed by atoms with van der Waals surface area (Å²) in [7, 11) is 4.91. The Hall–Kier alpha value is -1.42. The molecular weight excluding hydrogens is 280 g/mol. The molecule has 0 bridgehead atoms. The molecule has 0 radical (unpaired) electrons. The van der Waals surface area contributed by atoms with Gasteiger partial charge in [0.1, 0.15) is 0 Å². The Morgan fingerprint density at radius 1 is 0.727 bits per heavy atom. The summed E-state index contributed by atoms with van der Waals surface area (Å²) < 4.78 is 16.1. The molecule has 0 aliphatic carbocycles. The molecule has 0 aromatic heterocycles. The summed E-state index contributed by atoms with van der Waals surface area (Å²) in [6, 6.07) is 4.06. The van der Waals surface area contributed by atoms with Crippen LogP contribution in [0.3, 0.4) is 0 Å². The Morgan fingerprint density at radius 2 is 1.23 bits per heavy atom. The van der Waals surface area contributed by atoms with Gasteiger partial charge in [-0.2, -0.15) is 0 Å². The zero-order valence-electron chi connectivity index (χ0n) is 14.2. The van der Waals surface area contributed by atoms with Gasteiger partial charge in [-0.25, -0.2) is 0 Å². The fourth-order valence-electron chi connectivity index (χ4n) is 2.60. The fourth-order valence-corrected chi connectivity index (χ4v) is 2.60. The van der Waals surface area contributed by atoms with Gasteiger partial charge in [0.2, 0.25) is 5.75 Å². The van der Waals surface area contributed by atoms with Gasteiger partial charge in [-0.1, -0.05) is 32.1 Å². The number of hydrogen-bond acceptors (Lipinski definition) is 4. The third-order valence-corrected chi connectivity index (χ3v) is 3.85. The number of aryl methyl sites for hydroxylation is 1. The van der Waals surface area contributed by atoms with Crippen LogP contribution in [-0.2, 0) is 6.42 Å². The first kappa shape index (κ1) is 18.6. The lowest BCUT2D eigenvalue weighted by atomic mass is 10.0. The summed E-state index contributed by atoms with van der Waals surface area (Å²) in [4.78, 5) is 0. The lowest BCUT2D eigenvalue weighted by Gasteiger charge is -2.14. The summed E-state index contributed by atoms with van der Waals surface area (Å²) in [5.74, 6) is 2.10. The first-order valence-corrected chi connectivity index (χ1v) is 8.16. The van der Waals surface area contributed by atoms with E-state index in [4.69, 9.17) is 19.3 Å². The molecule has 1 aromatic rings. The van der Waals surface area contributed by atoms with Gasteiger partial charge < -0.3 is 19.3 Å². The van der Waals surface area contributed by atoms with E-state index in [1.807, 2.05) is 12.1 Å². The van der Waals surface area contributed by atoms with Crippen LogP contribution < -0.4 is 14.2 Å². The number of methoxy groups -OCH3 is 3. The lowest BCUT2D eigenvalue weighted by molar-refractivity contribution is 0.282. The maximum absolute atomic E-state index is 8.73. The summed E-state index contributed by atoms with van der Waals surface area (Å²) >= 11 is 0. The third kappa shape index (κ3) is 6.14. The first-order valence-electron chi connectivity index (χ1n) is 8.16. The molecule has 0 spiro atoms. The molecule has 0 unspecified atom stereocenters. The SMILES string of the molecule is COc1cc(CCCCCCCCCO)cc(OC)c1OC. The average Bonchev–Trinajstić information content (AvgIpc) is 2.56. The zero-order chi connectivity index (χ0) is 16.2. The zero-order valence-corrected chi connectivity index (χ0v) is 14.2. The Balaban J connectivity index is 2.39. The van der Waals surface area contributed by atoms with Crippen molar-refractivity contribution in [2.75, 3.05) is 27.9 Å². The smallest absolute Gasteiger partial charge is 0.203 e. The van der Waals surface area contributed by atoms with Crippen molar-refractivity contribution >= 4 is 0 Å². The summed E-state index contributed by atoms with van der Waals surface area (Å²) in [5.41, 5.74) is 1.22. The number of rotatable bonds is 12. The van der Waals surface area contributed by atoms with E-state index in [0.717, 1.165) is 30.8 Å². The second kappa shape index (κ2) is 11.2. The minimum Gasteiger partial charge on any atom is -0.493 e. The van der Waals surface area contributed by atoms with Gasteiger partial charge in [0.15, 0.2) is 11.5 Å². The molecule has 0 saturated carbocycles. The quantitative estimate of drug-likeness (QED) is 0.593. The van der Waals surface area contributed by atoms with Crippen molar-refractivity contribution in [3.05, 3.63) is 17.7 Å². The first-order chi connectivity index (χ1) is 10.8. The van der Waals surface area contributed by atoms with E-state index < -0.39 is 0 Å². The molecule has 4 nitrogen and oxygen atoms in total. The van der Waals surface area contributed by atoms with E-state index in [1.54, 1.807) is 21.3 Å². The fraction of sp³-hybridized carbons (Fsp3) is 0.667. The van der Waals surface area contributed by atoms with E-state index in [1.165, 1.54) is 37.7 Å². The standard InChI is InChI=1S/C18H30O4/c1-20-16-13-15(14-17(21-2)18(16)22-3)11-9-7-5-4-6-8-10-12-19/h13-14,19H,4-12H2,1-3H3. The van der Waals surface area contributed by atoms with Crippen LogP contribution >= 0.6 is 0 Å². The van der Waals surface area contributed by atoms with Crippen LogP contribution in [-0.4, -0.2) is 33.0 Å². The third-order valence-electron chi connectivity index (χ3n) is 3.85. The minimum absolute atomic E-state index is 0.321. The number of unbranched alkanes of at least 4 members (excludes halogenated alkanes) is 6. The second-order valence-corrected chi connectivity index (χ2v) is 5.48. The van der Waals surface area contributed by atoms with Crippen molar-refractivity contribution < 1.29 is 19.3 Å². The van der Waals surface area contributed by atoms with Crippen molar-refractivity contribution in [3.63, 3.8) is 0 Å². The Labute approximate surface area is 134 Å². The number of aliphatic hydroxyl groups excluding tert-OH is 1. The molecule has 1 rings (SSSR count). The van der Waals surface area contributed by atoms with Gasteiger partial charge in [-0.15, -0.1) is 0 Å². The highest BCUT2D eigenvalue weighted by Crippen LogP contribution is 2.38. The van der Waals surface area contributed by atoms with Crippen LogP contribution in [0, 0.1) is 0 Å². The maximum Gasteiger partial charge on any atom is 0.203 e. The summed E-state index contributed by atoms with van der Waals surface area (Å²) in [5, 5.41) is 8.73. The average molecular weight is 310 g/mol. The predicted octanol–water partition coefficient (Wildman–Crippen LogP) is 3.98. The molecule has 4 heteroatoms. The van der Waals surface area contributed by atoms with Crippen LogP contribution in [0.2, 0.25) is 0 Å². The molecule has 126 valence electrons. The highest BCUT2D eigenvalue weighted by atomic mass is 16.5. The van der Waals surface area contributed by atoms with Crippen molar-refractivity contribution in [1.29, 1.82) is 0 Å². The van der Waals surface area contributed by atoms with Crippen LogP contribution in [0.5, 0.6) is 17.2 Å². The normalized spacial score (nSPS) is 10.5. The molecule has 0 fully saturated rings. The van der Waals surface area contributed by atoms with Crippen LogP contribution in [0.1, 0.15) is 50.5 Å². The second-order valence-electron chi connectivity index (χ2n) is 5.48. The Kier molecular flexibility index (Phi) is 9.47. The topological polar surface area (TPSA) is 47.9 Å². The van der Waals surface area contributed by atoms with Crippen molar-refractivity contribution in [2.45, 2.75) is 51.4 Å². The molecular formula is C18H30O4. The Morgan fingerprint density at radius 3 is 1.68 bits per heavy atom. The molecule has 0 aliphatic heterocycles. The van der Waals surface area contributed by atoms with Crippen LogP contribution in [0.25, 0.3) is 0 Å². The predicted molar refractivity (Wildman–Crippen MR) is 89.2 cm³/mol. The van der Waals surface area contributed by atoms with E-state index in [2.05, 4.69) is 0 Å². The van der Waals surface area contributed by atoms with E-state index >= 15 is 0 Å². The molecule has 22 heavy (non-hydrogen) atoms. The monoisotopic (exact) mass is 310 g/mol. The molecule has 0 saturated heterocycles. The maximum atomic E-state index is 8.73. The summed E-state index contributed by atoms with van der Waals surface area (Å²) in [6.07, 6.45) is 9.24. The molecule has 1 aromatic carbocycles. The number of hydrogen-bond donors (Lipinski definition) is 1. The molecule has 0 aliphatic rings. The van der Waals surface area contributed by atoms with Gasteiger partial charge in [-0.05, 0) is 37.0 Å². The number of benzene rings is 1. The molecule has 0 atom stereocenters. The van der Waals surface area contributed by atoms with Crippen LogP contribution in [0.4, 0.5) is 0 Å². The Bertz CT molecular complexity index is 393. The highest BCUT2D eigenvalue weighted by Gasteiger charge is 2.12. The van der Waals surface area contributed by atoms with Crippen LogP contribution in [0.15, 0.2) is 12.1 Å². The van der Waals surface area contributed by atoms with Gasteiger partial charge in [0.05, 0.1) is 21.3 Å². The van der Waals surface area contributed by atoms with Crippen molar-refractivity contribution in [1.82, 2.24) is 0 Å². The van der Waals surface area contributed by atoms with Gasteiger partial charge in [0.25, 0.3) is 0 Å². The van der Waals surface area contributed by atoms with E-state index in [-0.39, 0.29) is 0 Å². The van der Waals surface area contributed by atoms with E-state index in [9.17, 15) is 0 Å². The van der Waals surface area contributed by atoms with Gasteiger partial charge in [0, 0.05) is 6.61 Å². The minimum atomic E-state index is 0.321. The molecule has 0 amide bonds. The number of aliphatic hydroxyl groups is 1. The van der Waals surface area contributed by atoms with Gasteiger partial charge >= 0.3 is 0 Å². The van der Waals surface area contributed by atoms with Crippen molar-refractivity contribution in [3.8, 4) is 17.2 Å². The molecule has 1 N–H and O–H groups in total. The largest absolute Gasteiger partial charge is 0.493 e. The summed E-state index contributed by atoms with van der Waals surface area (Å²) in [6.45, 7) is 0.321. The van der Waals surface area contributed by atoms with E-state index in [0.29, 0.717) is 12.4 Å². The number of ether oxygens (including phenoxy) is 3. The molecule has 0 heterocycles. The van der Waals surface area contributed by atoms with Gasteiger partial charge in [-0.3, -0.25) is 0 Å². The highest BCUT2D eigenvalue weighted by molar-refractivity contribution is 5.53. The van der Waals surface area contributed by atoms with Crippen molar-refractivity contribution in [2.24, 2.45) is 0 Å².